The second-order valence-electron chi connectivity index (χ2n) is 3.33. The van der Waals surface area contributed by atoms with Crippen LogP contribution in [0.2, 0.25) is 0 Å². The van der Waals surface area contributed by atoms with E-state index in [1.54, 1.807) is 6.92 Å². The molecule has 0 saturated heterocycles. The number of amides is 1. The minimum atomic E-state index is -0.684. The van der Waals surface area contributed by atoms with Gasteiger partial charge < -0.3 is 10.1 Å². The zero-order valence-electron chi connectivity index (χ0n) is 9.57. The van der Waals surface area contributed by atoms with Gasteiger partial charge >= 0.3 is 5.97 Å². The van der Waals surface area contributed by atoms with Gasteiger partial charge in [-0.05, 0) is 26.0 Å². The molecule has 0 aliphatic carbocycles. The standard InChI is InChI=1S/C11H15NO3S/c1-4-15-11(14)10(12-8(3)13)9-6-5-7(2)16-9/h5-6,10H,4H2,1-3H3,(H,12,13)/t10-/m1/s1. The summed E-state index contributed by atoms with van der Waals surface area (Å²) in [5, 5.41) is 2.59. The Morgan fingerprint density at radius 1 is 1.50 bits per heavy atom. The molecule has 1 aromatic rings. The molecule has 0 bridgehead atoms. The third-order valence-electron chi connectivity index (χ3n) is 1.92. The van der Waals surface area contributed by atoms with E-state index in [1.165, 1.54) is 18.3 Å². The average molecular weight is 241 g/mol. The molecule has 0 fully saturated rings. The van der Waals surface area contributed by atoms with Crippen molar-refractivity contribution < 1.29 is 14.3 Å². The highest BCUT2D eigenvalue weighted by Crippen LogP contribution is 2.23. The minimum Gasteiger partial charge on any atom is -0.464 e. The van der Waals surface area contributed by atoms with Crippen LogP contribution in [0.3, 0.4) is 0 Å². The van der Waals surface area contributed by atoms with Crippen LogP contribution in [0.1, 0.15) is 29.6 Å². The molecule has 0 aliphatic heterocycles. The fourth-order valence-corrected chi connectivity index (χ4v) is 2.20. The molecular formula is C11H15NO3S. The first-order valence-corrected chi connectivity index (χ1v) is 5.86. The number of carbonyl (C=O) groups excluding carboxylic acids is 2. The smallest absolute Gasteiger partial charge is 0.334 e. The van der Waals surface area contributed by atoms with Crippen LogP contribution in [0.25, 0.3) is 0 Å². The van der Waals surface area contributed by atoms with Crippen LogP contribution in [0.5, 0.6) is 0 Å². The van der Waals surface area contributed by atoms with E-state index in [-0.39, 0.29) is 5.91 Å². The number of hydrogen-bond donors (Lipinski definition) is 1. The number of rotatable bonds is 4. The normalized spacial score (nSPS) is 11.9. The molecule has 0 spiro atoms. The number of nitrogens with one attached hydrogen (secondary N) is 1. The second-order valence-corrected chi connectivity index (χ2v) is 4.65. The maximum absolute atomic E-state index is 11.7. The lowest BCUT2D eigenvalue weighted by Gasteiger charge is -2.14. The quantitative estimate of drug-likeness (QED) is 0.818. The Kier molecular flexibility index (Phi) is 4.49. The zero-order valence-corrected chi connectivity index (χ0v) is 10.4. The minimum absolute atomic E-state index is 0.246. The van der Waals surface area contributed by atoms with E-state index < -0.39 is 12.0 Å². The SMILES string of the molecule is CCOC(=O)[C@H](NC(C)=O)c1ccc(C)s1. The summed E-state index contributed by atoms with van der Waals surface area (Å²) in [5.41, 5.74) is 0. The third kappa shape index (κ3) is 3.34. The topological polar surface area (TPSA) is 55.4 Å². The first kappa shape index (κ1) is 12.7. The molecule has 5 heteroatoms. The van der Waals surface area contributed by atoms with Crippen LogP contribution in [0.4, 0.5) is 0 Å². The average Bonchev–Trinajstić information content (AvgIpc) is 2.61. The Hall–Kier alpha value is -1.36. The van der Waals surface area contributed by atoms with E-state index in [1.807, 2.05) is 19.1 Å². The van der Waals surface area contributed by atoms with E-state index >= 15 is 0 Å². The maximum Gasteiger partial charge on any atom is 0.334 e. The Morgan fingerprint density at radius 3 is 2.62 bits per heavy atom. The molecule has 1 heterocycles. The van der Waals surface area contributed by atoms with Crippen molar-refractivity contribution in [2.24, 2.45) is 0 Å². The van der Waals surface area contributed by atoms with Gasteiger partial charge in [-0.3, -0.25) is 4.79 Å². The highest BCUT2D eigenvalue weighted by molar-refractivity contribution is 7.12. The van der Waals surface area contributed by atoms with Gasteiger partial charge in [0.25, 0.3) is 0 Å². The molecule has 1 rings (SSSR count). The lowest BCUT2D eigenvalue weighted by molar-refractivity contribution is -0.147. The van der Waals surface area contributed by atoms with E-state index in [0.717, 1.165) is 9.75 Å². The first-order valence-electron chi connectivity index (χ1n) is 5.04. The maximum atomic E-state index is 11.7. The van der Waals surface area contributed by atoms with E-state index in [0.29, 0.717) is 6.61 Å². The summed E-state index contributed by atoms with van der Waals surface area (Å²) in [6, 6.07) is 3.06. The van der Waals surface area contributed by atoms with E-state index in [2.05, 4.69) is 5.32 Å². The molecule has 0 radical (unpaired) electrons. The predicted molar refractivity (Wildman–Crippen MR) is 62.2 cm³/mol. The van der Waals surface area contributed by atoms with Crippen molar-refractivity contribution in [1.29, 1.82) is 0 Å². The fraction of sp³-hybridized carbons (Fsp3) is 0.455. The van der Waals surface area contributed by atoms with Crippen LogP contribution in [-0.4, -0.2) is 18.5 Å². The molecule has 1 amide bonds. The summed E-state index contributed by atoms with van der Waals surface area (Å²) in [5.74, 6) is -0.663. The van der Waals surface area contributed by atoms with Crippen molar-refractivity contribution in [2.75, 3.05) is 6.61 Å². The number of aryl methyl sites for hydroxylation is 1. The Bertz CT molecular complexity index is 386. The van der Waals surface area contributed by atoms with Crippen molar-refractivity contribution >= 4 is 23.2 Å². The molecule has 0 aromatic carbocycles. The van der Waals surface area contributed by atoms with Gasteiger partial charge in [0.05, 0.1) is 6.61 Å². The zero-order chi connectivity index (χ0) is 12.1. The van der Waals surface area contributed by atoms with Crippen LogP contribution < -0.4 is 5.32 Å². The summed E-state index contributed by atoms with van der Waals surface area (Å²) >= 11 is 1.48. The van der Waals surface area contributed by atoms with Gasteiger partial charge in [-0.2, -0.15) is 0 Å². The highest BCUT2D eigenvalue weighted by Gasteiger charge is 2.24. The Labute approximate surface area is 98.6 Å². The Balaban J connectivity index is 2.86. The lowest BCUT2D eigenvalue weighted by atomic mass is 10.2. The van der Waals surface area contributed by atoms with Crippen LogP contribution in [0, 0.1) is 6.92 Å². The Morgan fingerprint density at radius 2 is 2.19 bits per heavy atom. The third-order valence-corrected chi connectivity index (χ3v) is 2.98. The van der Waals surface area contributed by atoms with Gasteiger partial charge in [0.1, 0.15) is 0 Å². The van der Waals surface area contributed by atoms with Crippen molar-refractivity contribution in [1.82, 2.24) is 5.32 Å². The van der Waals surface area contributed by atoms with Gasteiger partial charge in [0.2, 0.25) is 5.91 Å². The van der Waals surface area contributed by atoms with Crippen molar-refractivity contribution in [3.05, 3.63) is 21.9 Å². The highest BCUT2D eigenvalue weighted by atomic mass is 32.1. The van der Waals surface area contributed by atoms with Crippen LogP contribution in [0.15, 0.2) is 12.1 Å². The predicted octanol–water partition coefficient (Wildman–Crippen LogP) is 1.80. The fourth-order valence-electron chi connectivity index (χ4n) is 1.28. The first-order chi connectivity index (χ1) is 7.54. The van der Waals surface area contributed by atoms with Crippen molar-refractivity contribution in [3.8, 4) is 0 Å². The second kappa shape index (κ2) is 5.65. The van der Waals surface area contributed by atoms with Crippen molar-refractivity contribution in [2.45, 2.75) is 26.8 Å². The van der Waals surface area contributed by atoms with Gasteiger partial charge in [0.15, 0.2) is 6.04 Å². The molecular weight excluding hydrogens is 226 g/mol. The largest absolute Gasteiger partial charge is 0.464 e. The molecule has 16 heavy (non-hydrogen) atoms. The summed E-state index contributed by atoms with van der Waals surface area (Å²) in [6.07, 6.45) is 0. The van der Waals surface area contributed by atoms with Crippen LogP contribution >= 0.6 is 11.3 Å². The van der Waals surface area contributed by atoms with E-state index in [4.69, 9.17) is 4.74 Å². The molecule has 1 aromatic heterocycles. The molecule has 88 valence electrons. The van der Waals surface area contributed by atoms with Gasteiger partial charge in [-0.15, -0.1) is 11.3 Å². The molecule has 1 atom stereocenters. The van der Waals surface area contributed by atoms with Gasteiger partial charge in [-0.25, -0.2) is 4.79 Å². The van der Waals surface area contributed by atoms with Gasteiger partial charge in [-0.1, -0.05) is 0 Å². The number of ether oxygens (including phenoxy) is 1. The summed E-state index contributed by atoms with van der Waals surface area (Å²) in [6.45, 7) is 5.37. The molecule has 1 N–H and O–H groups in total. The van der Waals surface area contributed by atoms with Gasteiger partial charge in [0, 0.05) is 16.7 Å². The number of esters is 1. The van der Waals surface area contributed by atoms with Crippen molar-refractivity contribution in [3.63, 3.8) is 0 Å². The number of carbonyl (C=O) groups is 2. The van der Waals surface area contributed by atoms with E-state index in [9.17, 15) is 9.59 Å². The number of thiophene rings is 1. The van der Waals surface area contributed by atoms with Crippen LogP contribution in [-0.2, 0) is 14.3 Å². The number of hydrogen-bond acceptors (Lipinski definition) is 4. The summed E-state index contributed by atoms with van der Waals surface area (Å²) in [7, 11) is 0. The summed E-state index contributed by atoms with van der Waals surface area (Å²) < 4.78 is 4.92. The molecule has 0 unspecified atom stereocenters. The lowest BCUT2D eigenvalue weighted by Crippen LogP contribution is -2.32. The monoisotopic (exact) mass is 241 g/mol. The molecule has 0 aliphatic rings. The molecule has 4 nitrogen and oxygen atoms in total. The summed E-state index contributed by atoms with van der Waals surface area (Å²) in [4.78, 5) is 24.6. The molecule has 0 saturated carbocycles.